The second-order valence-corrected chi connectivity index (χ2v) is 3.33. The summed E-state index contributed by atoms with van der Waals surface area (Å²) >= 11 is 0. The predicted octanol–water partition coefficient (Wildman–Crippen LogP) is 2.00. The Balaban J connectivity index is 2.30. The predicted molar refractivity (Wildman–Crippen MR) is 58.4 cm³/mol. The van der Waals surface area contributed by atoms with Gasteiger partial charge in [0.2, 0.25) is 0 Å². The fourth-order valence-electron chi connectivity index (χ4n) is 1.53. The van der Waals surface area contributed by atoms with E-state index in [1.54, 1.807) is 18.2 Å². The Bertz CT molecular complexity index is 444. The van der Waals surface area contributed by atoms with Gasteiger partial charge >= 0.3 is 5.97 Å². The lowest BCUT2D eigenvalue weighted by Crippen LogP contribution is -2.06. The van der Waals surface area contributed by atoms with Crippen molar-refractivity contribution in [3.8, 4) is 5.75 Å². The summed E-state index contributed by atoms with van der Waals surface area (Å²) in [6.07, 6.45) is 2.44. The fourth-order valence-corrected chi connectivity index (χ4v) is 1.53. The quantitative estimate of drug-likeness (QED) is 0.751. The Hall–Kier alpha value is -2.17. The van der Waals surface area contributed by atoms with Crippen LogP contribution >= 0.6 is 0 Å². The van der Waals surface area contributed by atoms with Gasteiger partial charge in [-0.25, -0.2) is 4.79 Å². The number of ether oxygens (including phenoxy) is 4. The van der Waals surface area contributed by atoms with E-state index in [0.717, 1.165) is 5.56 Å². The van der Waals surface area contributed by atoms with E-state index < -0.39 is 12.3 Å². The molecule has 0 aliphatic carbocycles. The maximum atomic E-state index is 11.4. The van der Waals surface area contributed by atoms with Gasteiger partial charge in [-0.2, -0.15) is 0 Å². The molecule has 0 radical (unpaired) electrons. The summed E-state index contributed by atoms with van der Waals surface area (Å²) < 4.78 is 20.2. The van der Waals surface area contributed by atoms with Crippen molar-refractivity contribution in [3.05, 3.63) is 41.9 Å². The van der Waals surface area contributed by atoms with Crippen LogP contribution < -0.4 is 4.74 Å². The molecule has 1 aromatic carbocycles. The van der Waals surface area contributed by atoms with E-state index >= 15 is 0 Å². The van der Waals surface area contributed by atoms with Gasteiger partial charge in [0.25, 0.3) is 6.29 Å². The number of carbonyl (C=O) groups excluding carboxylic acids is 1. The molecule has 0 amide bonds. The van der Waals surface area contributed by atoms with E-state index in [4.69, 9.17) is 14.2 Å². The Morgan fingerprint density at radius 3 is 2.53 bits per heavy atom. The minimum absolute atomic E-state index is 0.365. The minimum Gasteiger partial charge on any atom is -0.496 e. The van der Waals surface area contributed by atoms with Crippen LogP contribution in [-0.2, 0) is 14.2 Å². The first-order valence-electron chi connectivity index (χ1n) is 4.98. The van der Waals surface area contributed by atoms with Gasteiger partial charge in [0, 0.05) is 5.56 Å². The number of benzene rings is 1. The van der Waals surface area contributed by atoms with Crippen LogP contribution in [0.3, 0.4) is 0 Å². The molecule has 0 aromatic heterocycles. The number of methoxy groups -OCH3 is 2. The maximum Gasteiger partial charge on any atom is 0.341 e. The zero-order chi connectivity index (χ0) is 12.3. The van der Waals surface area contributed by atoms with Gasteiger partial charge < -0.3 is 18.9 Å². The van der Waals surface area contributed by atoms with E-state index in [1.807, 2.05) is 0 Å². The summed E-state index contributed by atoms with van der Waals surface area (Å²) in [4.78, 5) is 11.4. The van der Waals surface area contributed by atoms with Gasteiger partial charge in [0.15, 0.2) is 0 Å². The van der Waals surface area contributed by atoms with Crippen molar-refractivity contribution in [3.63, 3.8) is 0 Å². The summed E-state index contributed by atoms with van der Waals surface area (Å²) in [5.74, 6) is -0.0202. The van der Waals surface area contributed by atoms with E-state index in [9.17, 15) is 4.79 Å². The molecule has 1 aliphatic rings. The average molecular weight is 236 g/mol. The van der Waals surface area contributed by atoms with Gasteiger partial charge in [0.05, 0.1) is 14.2 Å². The third-order valence-corrected chi connectivity index (χ3v) is 2.36. The Kier molecular flexibility index (Phi) is 3.18. The molecule has 0 N–H and O–H groups in total. The highest BCUT2D eigenvalue weighted by Crippen LogP contribution is 2.29. The number of rotatable bonds is 3. The molecule has 0 bridgehead atoms. The van der Waals surface area contributed by atoms with E-state index in [-0.39, 0.29) is 0 Å². The molecule has 1 aromatic rings. The number of esters is 1. The van der Waals surface area contributed by atoms with Crippen molar-refractivity contribution >= 4 is 5.97 Å². The van der Waals surface area contributed by atoms with Crippen LogP contribution in [0.4, 0.5) is 0 Å². The molecule has 0 unspecified atom stereocenters. The van der Waals surface area contributed by atoms with Crippen molar-refractivity contribution in [2.45, 2.75) is 6.29 Å². The van der Waals surface area contributed by atoms with Gasteiger partial charge in [-0.3, -0.25) is 0 Å². The largest absolute Gasteiger partial charge is 0.496 e. The normalized spacial score (nSPS) is 14.0. The van der Waals surface area contributed by atoms with Gasteiger partial charge in [-0.05, 0) is 12.1 Å². The topological polar surface area (TPSA) is 54.0 Å². The molecular formula is C12H12O5. The maximum absolute atomic E-state index is 11.4. The van der Waals surface area contributed by atoms with Crippen LogP contribution in [0.5, 0.6) is 5.75 Å². The Morgan fingerprint density at radius 1 is 1.24 bits per heavy atom. The summed E-state index contributed by atoms with van der Waals surface area (Å²) in [7, 11) is 2.81. The second-order valence-electron chi connectivity index (χ2n) is 3.33. The zero-order valence-corrected chi connectivity index (χ0v) is 9.51. The van der Waals surface area contributed by atoms with Crippen molar-refractivity contribution in [2.75, 3.05) is 14.2 Å². The van der Waals surface area contributed by atoms with Gasteiger partial charge in [0.1, 0.15) is 23.8 Å². The average Bonchev–Trinajstić information content (AvgIpc) is 2.91. The molecule has 5 heteroatoms. The van der Waals surface area contributed by atoms with Crippen LogP contribution in [0.2, 0.25) is 0 Å². The third kappa shape index (κ3) is 2.18. The Morgan fingerprint density at radius 2 is 1.94 bits per heavy atom. The molecule has 0 fully saturated rings. The molecule has 5 nitrogen and oxygen atoms in total. The van der Waals surface area contributed by atoms with Crippen LogP contribution in [0.1, 0.15) is 22.2 Å². The highest BCUT2D eigenvalue weighted by atomic mass is 16.7. The molecule has 2 rings (SSSR count). The summed E-state index contributed by atoms with van der Waals surface area (Å²) in [6.45, 7) is 0. The minimum atomic E-state index is -0.490. The molecule has 0 saturated carbocycles. The van der Waals surface area contributed by atoms with Crippen LogP contribution in [0.25, 0.3) is 0 Å². The first kappa shape index (κ1) is 11.3. The lowest BCUT2D eigenvalue weighted by atomic mass is 10.1. The number of hydrogen-bond donors (Lipinski definition) is 0. The first-order chi connectivity index (χ1) is 8.26. The Labute approximate surface area is 98.5 Å². The molecule has 17 heavy (non-hydrogen) atoms. The van der Waals surface area contributed by atoms with Crippen molar-refractivity contribution in [2.24, 2.45) is 0 Å². The number of carbonyl (C=O) groups is 1. The molecule has 90 valence electrons. The second kappa shape index (κ2) is 4.78. The zero-order valence-electron chi connectivity index (χ0n) is 9.51. The molecule has 1 aliphatic heterocycles. The van der Waals surface area contributed by atoms with Crippen molar-refractivity contribution in [1.82, 2.24) is 0 Å². The van der Waals surface area contributed by atoms with Crippen LogP contribution in [0.15, 0.2) is 30.7 Å². The van der Waals surface area contributed by atoms with Gasteiger partial charge in [-0.1, -0.05) is 6.07 Å². The van der Waals surface area contributed by atoms with Crippen molar-refractivity contribution in [1.29, 1.82) is 0 Å². The summed E-state index contributed by atoms with van der Waals surface area (Å²) in [5, 5.41) is 0. The fraction of sp³-hybridized carbons (Fsp3) is 0.250. The standard InChI is InChI=1S/C12H12O5/c1-14-10-7-8(12-16-5-6-17-12)3-4-9(10)11(13)15-2/h3-7,12H,1-2H3. The third-order valence-electron chi connectivity index (χ3n) is 2.36. The smallest absolute Gasteiger partial charge is 0.341 e. The summed E-state index contributed by atoms with van der Waals surface area (Å²) in [5.41, 5.74) is 1.13. The monoisotopic (exact) mass is 236 g/mol. The summed E-state index contributed by atoms with van der Waals surface area (Å²) in [6, 6.07) is 5.03. The molecule has 0 spiro atoms. The van der Waals surface area contributed by atoms with Crippen molar-refractivity contribution < 1.29 is 23.7 Å². The van der Waals surface area contributed by atoms with E-state index in [2.05, 4.69) is 4.74 Å². The number of hydrogen-bond acceptors (Lipinski definition) is 5. The van der Waals surface area contributed by atoms with E-state index in [0.29, 0.717) is 11.3 Å². The van der Waals surface area contributed by atoms with E-state index in [1.165, 1.54) is 26.7 Å². The van der Waals surface area contributed by atoms with Gasteiger partial charge in [-0.15, -0.1) is 0 Å². The first-order valence-corrected chi connectivity index (χ1v) is 4.98. The van der Waals surface area contributed by atoms with Crippen LogP contribution in [-0.4, -0.2) is 20.2 Å². The van der Waals surface area contributed by atoms with Crippen LogP contribution in [0, 0.1) is 0 Å². The molecule has 1 heterocycles. The highest BCUT2D eigenvalue weighted by molar-refractivity contribution is 5.92. The molecular weight excluding hydrogens is 224 g/mol. The molecule has 0 atom stereocenters. The molecule has 0 saturated heterocycles. The highest BCUT2D eigenvalue weighted by Gasteiger charge is 2.19. The SMILES string of the molecule is COC(=O)c1ccc(C2OC=CO2)cc1OC. The lowest BCUT2D eigenvalue weighted by molar-refractivity contribution is -0.0247. The lowest BCUT2D eigenvalue weighted by Gasteiger charge is -2.13.